The highest BCUT2D eigenvalue weighted by molar-refractivity contribution is 7.89. The van der Waals surface area contributed by atoms with Gasteiger partial charge in [0.05, 0.1) is 18.6 Å². The molecule has 0 aliphatic carbocycles. The standard InChI is InChI=1S/C18H30N2O4S/c1-16(2)8-14-24-15-13-19-9-11-20(12-10-19)25(21,22)18-6-4-17(23-3)5-7-18/h4-7,16H,8-15H2,1-3H3. The molecule has 0 unspecified atom stereocenters. The molecule has 25 heavy (non-hydrogen) atoms. The molecule has 142 valence electrons. The predicted octanol–water partition coefficient (Wildman–Crippen LogP) is 2.06. The van der Waals surface area contributed by atoms with Gasteiger partial charge in [-0.05, 0) is 36.6 Å². The Labute approximate surface area is 151 Å². The number of methoxy groups -OCH3 is 1. The first kappa shape index (κ1) is 20.2. The minimum absolute atomic E-state index is 0.318. The van der Waals surface area contributed by atoms with Crippen LogP contribution in [0.1, 0.15) is 20.3 Å². The van der Waals surface area contributed by atoms with Crippen LogP contribution in [0.4, 0.5) is 0 Å². The quantitative estimate of drug-likeness (QED) is 0.623. The van der Waals surface area contributed by atoms with Gasteiger partial charge >= 0.3 is 0 Å². The zero-order valence-corrected chi connectivity index (χ0v) is 16.3. The van der Waals surface area contributed by atoms with Crippen LogP contribution in [0.15, 0.2) is 29.2 Å². The minimum Gasteiger partial charge on any atom is -0.497 e. The Bertz CT molecular complexity index is 608. The number of ether oxygens (including phenoxy) is 2. The summed E-state index contributed by atoms with van der Waals surface area (Å²) in [4.78, 5) is 2.58. The Hall–Kier alpha value is -1.15. The van der Waals surface area contributed by atoms with Crippen molar-refractivity contribution in [3.8, 4) is 5.75 Å². The van der Waals surface area contributed by atoms with E-state index in [1.54, 1.807) is 35.7 Å². The SMILES string of the molecule is COc1ccc(S(=O)(=O)N2CCN(CCOCCC(C)C)CC2)cc1. The van der Waals surface area contributed by atoms with Crippen LogP contribution in [-0.2, 0) is 14.8 Å². The van der Waals surface area contributed by atoms with Crippen molar-refractivity contribution < 1.29 is 17.9 Å². The van der Waals surface area contributed by atoms with Crippen LogP contribution < -0.4 is 4.74 Å². The maximum atomic E-state index is 12.7. The van der Waals surface area contributed by atoms with E-state index >= 15 is 0 Å². The highest BCUT2D eigenvalue weighted by Crippen LogP contribution is 2.20. The molecule has 0 radical (unpaired) electrons. The lowest BCUT2D eigenvalue weighted by Gasteiger charge is -2.33. The number of rotatable bonds is 9. The number of piperazine rings is 1. The molecule has 1 fully saturated rings. The zero-order valence-electron chi connectivity index (χ0n) is 15.5. The summed E-state index contributed by atoms with van der Waals surface area (Å²) in [6.45, 7) is 9.24. The summed E-state index contributed by atoms with van der Waals surface area (Å²) in [5, 5.41) is 0. The topological polar surface area (TPSA) is 59.1 Å². The Balaban J connectivity index is 1.78. The Morgan fingerprint density at radius 2 is 1.68 bits per heavy atom. The minimum atomic E-state index is -3.43. The molecular weight excluding hydrogens is 340 g/mol. The van der Waals surface area contributed by atoms with Gasteiger partial charge in [-0.3, -0.25) is 4.90 Å². The second-order valence-electron chi connectivity index (χ2n) is 6.72. The molecule has 1 aromatic rings. The van der Waals surface area contributed by atoms with Crippen LogP contribution in [0.25, 0.3) is 0 Å². The van der Waals surface area contributed by atoms with E-state index in [0.717, 1.165) is 32.7 Å². The summed E-state index contributed by atoms with van der Waals surface area (Å²) in [5.41, 5.74) is 0. The molecule has 0 amide bonds. The van der Waals surface area contributed by atoms with E-state index in [2.05, 4.69) is 18.7 Å². The molecule has 1 heterocycles. The monoisotopic (exact) mass is 370 g/mol. The molecule has 1 aliphatic rings. The van der Waals surface area contributed by atoms with E-state index in [1.807, 2.05) is 0 Å². The normalized spacial score (nSPS) is 17.1. The van der Waals surface area contributed by atoms with Gasteiger partial charge in [0.15, 0.2) is 0 Å². The molecule has 6 nitrogen and oxygen atoms in total. The number of hydrogen-bond acceptors (Lipinski definition) is 5. The lowest BCUT2D eigenvalue weighted by Crippen LogP contribution is -2.49. The molecule has 2 rings (SSSR count). The molecule has 1 aliphatic heterocycles. The predicted molar refractivity (Wildman–Crippen MR) is 98.5 cm³/mol. The van der Waals surface area contributed by atoms with Gasteiger partial charge in [0.25, 0.3) is 0 Å². The highest BCUT2D eigenvalue weighted by atomic mass is 32.2. The highest BCUT2D eigenvalue weighted by Gasteiger charge is 2.28. The Morgan fingerprint density at radius 1 is 1.04 bits per heavy atom. The van der Waals surface area contributed by atoms with E-state index in [0.29, 0.717) is 36.3 Å². The Kier molecular flexibility index (Phi) is 7.68. The first-order chi connectivity index (χ1) is 11.9. The van der Waals surface area contributed by atoms with Gasteiger partial charge in [-0.15, -0.1) is 0 Å². The average molecular weight is 371 g/mol. The summed E-state index contributed by atoms with van der Waals surface area (Å²) in [7, 11) is -1.86. The third-order valence-electron chi connectivity index (χ3n) is 4.42. The van der Waals surface area contributed by atoms with Gasteiger partial charge in [-0.1, -0.05) is 13.8 Å². The fourth-order valence-electron chi connectivity index (χ4n) is 2.70. The molecule has 0 spiro atoms. The van der Waals surface area contributed by atoms with E-state index in [1.165, 1.54) is 0 Å². The van der Waals surface area contributed by atoms with E-state index in [-0.39, 0.29) is 0 Å². The van der Waals surface area contributed by atoms with Crippen LogP contribution in [0.2, 0.25) is 0 Å². The van der Waals surface area contributed by atoms with Crippen molar-refractivity contribution >= 4 is 10.0 Å². The molecule has 0 atom stereocenters. The smallest absolute Gasteiger partial charge is 0.243 e. The van der Waals surface area contributed by atoms with Crippen LogP contribution >= 0.6 is 0 Å². The second-order valence-corrected chi connectivity index (χ2v) is 8.65. The van der Waals surface area contributed by atoms with Crippen molar-refractivity contribution in [2.24, 2.45) is 5.92 Å². The van der Waals surface area contributed by atoms with Crippen molar-refractivity contribution in [1.29, 1.82) is 0 Å². The molecule has 0 aromatic heterocycles. The summed E-state index contributed by atoms with van der Waals surface area (Å²) < 4.78 is 37.7. The molecule has 1 aromatic carbocycles. The number of benzene rings is 1. The molecule has 7 heteroatoms. The maximum absolute atomic E-state index is 12.7. The molecule has 0 bridgehead atoms. The number of sulfonamides is 1. The third kappa shape index (κ3) is 5.95. The van der Waals surface area contributed by atoms with Gasteiger partial charge in [0.1, 0.15) is 5.75 Å². The summed E-state index contributed by atoms with van der Waals surface area (Å²) in [5.74, 6) is 1.31. The Morgan fingerprint density at radius 3 is 2.24 bits per heavy atom. The number of hydrogen-bond donors (Lipinski definition) is 0. The van der Waals surface area contributed by atoms with Crippen molar-refractivity contribution in [3.05, 3.63) is 24.3 Å². The van der Waals surface area contributed by atoms with Gasteiger partial charge in [0, 0.05) is 39.3 Å². The average Bonchev–Trinajstić information content (AvgIpc) is 2.61. The summed E-state index contributed by atoms with van der Waals surface area (Å²) in [6.07, 6.45) is 1.08. The van der Waals surface area contributed by atoms with E-state index in [9.17, 15) is 8.42 Å². The van der Waals surface area contributed by atoms with E-state index < -0.39 is 10.0 Å². The zero-order chi connectivity index (χ0) is 18.3. The number of nitrogens with zero attached hydrogens (tertiary/aromatic N) is 2. The lowest BCUT2D eigenvalue weighted by atomic mass is 10.1. The van der Waals surface area contributed by atoms with Gasteiger partial charge in [-0.2, -0.15) is 4.31 Å². The molecular formula is C18H30N2O4S. The lowest BCUT2D eigenvalue weighted by molar-refractivity contribution is 0.0844. The van der Waals surface area contributed by atoms with Crippen LogP contribution in [0.5, 0.6) is 5.75 Å². The van der Waals surface area contributed by atoms with Crippen LogP contribution in [0.3, 0.4) is 0 Å². The third-order valence-corrected chi connectivity index (χ3v) is 6.33. The van der Waals surface area contributed by atoms with Crippen molar-refractivity contribution in [2.45, 2.75) is 25.2 Å². The second kappa shape index (κ2) is 9.52. The van der Waals surface area contributed by atoms with Crippen LogP contribution in [-0.4, -0.2) is 70.7 Å². The van der Waals surface area contributed by atoms with Gasteiger partial charge in [-0.25, -0.2) is 8.42 Å². The van der Waals surface area contributed by atoms with Crippen LogP contribution in [0, 0.1) is 5.92 Å². The van der Waals surface area contributed by atoms with Gasteiger partial charge < -0.3 is 9.47 Å². The molecule has 0 N–H and O–H groups in total. The van der Waals surface area contributed by atoms with Gasteiger partial charge in [0.2, 0.25) is 10.0 Å². The first-order valence-corrected chi connectivity index (χ1v) is 10.3. The van der Waals surface area contributed by atoms with Crippen molar-refractivity contribution in [1.82, 2.24) is 9.21 Å². The first-order valence-electron chi connectivity index (χ1n) is 8.88. The fraction of sp³-hybridized carbons (Fsp3) is 0.667. The molecule has 1 saturated heterocycles. The maximum Gasteiger partial charge on any atom is 0.243 e. The van der Waals surface area contributed by atoms with E-state index in [4.69, 9.17) is 9.47 Å². The fourth-order valence-corrected chi connectivity index (χ4v) is 4.13. The molecule has 0 saturated carbocycles. The largest absolute Gasteiger partial charge is 0.497 e. The summed E-state index contributed by atoms with van der Waals surface area (Å²) in [6, 6.07) is 6.56. The van der Waals surface area contributed by atoms with Crippen molar-refractivity contribution in [2.75, 3.05) is 53.0 Å². The summed E-state index contributed by atoms with van der Waals surface area (Å²) >= 11 is 0. The van der Waals surface area contributed by atoms with Crippen molar-refractivity contribution in [3.63, 3.8) is 0 Å².